The molecule has 0 heterocycles. The molecule has 0 fully saturated rings. The summed E-state index contributed by atoms with van der Waals surface area (Å²) in [7, 11) is 3.21. The fourth-order valence-corrected chi connectivity index (χ4v) is 4.99. The van der Waals surface area contributed by atoms with Gasteiger partial charge in [0.1, 0.15) is 17.7 Å². The van der Waals surface area contributed by atoms with Crippen molar-refractivity contribution in [3.8, 4) is 0 Å². The van der Waals surface area contributed by atoms with E-state index in [0.717, 1.165) is 5.56 Å². The SMILES string of the molecule is CCOC(=O)C(C)=C[C@H](C(C)C)N(C)C(=O)[C@@H](NC(=O)[C@@H](N(C)C(=O)OC(C)(C)C)C(C)(C)c1ccccc1)C(C)(C)C. The Morgan fingerprint density at radius 3 is 1.88 bits per heavy atom. The number of carbonyl (C=O) groups excluding carboxylic acids is 4. The Hall–Kier alpha value is -3.36. The number of rotatable bonds is 11. The van der Waals surface area contributed by atoms with Crippen LogP contribution < -0.4 is 5.32 Å². The molecule has 0 radical (unpaired) electrons. The standard InChI is InChI=1S/C34H55N3O6/c1-15-42-30(40)23(4)21-25(22(2)3)36(13)29(39)26(32(5,6)7)35-28(38)27(37(14)31(41)43-33(8,9)10)34(11,12)24-19-17-16-18-20-24/h16-22,25-27H,15H2,1-14H3,(H,35,38)/t25-,26-,27-/m1/s1. The van der Waals surface area contributed by atoms with Crippen LogP contribution in [0.4, 0.5) is 4.79 Å². The molecule has 9 heteroatoms. The molecule has 0 spiro atoms. The van der Waals surface area contributed by atoms with E-state index < -0.39 is 52.5 Å². The normalized spacial score (nSPS) is 14.8. The van der Waals surface area contributed by atoms with Gasteiger partial charge in [-0.1, -0.05) is 84.9 Å². The number of hydrogen-bond donors (Lipinski definition) is 1. The van der Waals surface area contributed by atoms with Crippen molar-refractivity contribution in [2.75, 3.05) is 20.7 Å². The van der Waals surface area contributed by atoms with Crippen molar-refractivity contribution in [3.63, 3.8) is 0 Å². The van der Waals surface area contributed by atoms with E-state index in [1.54, 1.807) is 59.7 Å². The van der Waals surface area contributed by atoms with Gasteiger partial charge in [0.15, 0.2) is 0 Å². The molecular weight excluding hydrogens is 546 g/mol. The first kappa shape index (κ1) is 37.7. The first-order chi connectivity index (χ1) is 19.6. The fraction of sp³-hybridized carbons (Fsp3) is 0.647. The molecule has 3 atom stereocenters. The summed E-state index contributed by atoms with van der Waals surface area (Å²) in [5.41, 5.74) is -1.06. The number of benzene rings is 1. The van der Waals surface area contributed by atoms with E-state index in [9.17, 15) is 19.2 Å². The smallest absolute Gasteiger partial charge is 0.410 e. The third kappa shape index (κ3) is 10.4. The largest absolute Gasteiger partial charge is 0.463 e. The molecule has 0 bridgehead atoms. The van der Waals surface area contributed by atoms with Gasteiger partial charge in [-0.3, -0.25) is 14.5 Å². The number of nitrogens with zero attached hydrogens (tertiary/aromatic N) is 2. The van der Waals surface area contributed by atoms with E-state index in [4.69, 9.17) is 9.47 Å². The molecule has 1 N–H and O–H groups in total. The lowest BCUT2D eigenvalue weighted by molar-refractivity contribution is -0.142. The average molecular weight is 602 g/mol. The monoisotopic (exact) mass is 601 g/mol. The second-order valence-corrected chi connectivity index (χ2v) is 14.1. The Balaban J connectivity index is 3.58. The molecule has 0 aliphatic carbocycles. The summed E-state index contributed by atoms with van der Waals surface area (Å²) in [6.07, 6.45) is 1.09. The van der Waals surface area contributed by atoms with E-state index in [0.29, 0.717) is 5.57 Å². The van der Waals surface area contributed by atoms with Crippen LogP contribution in [0.15, 0.2) is 42.0 Å². The van der Waals surface area contributed by atoms with Crippen molar-refractivity contribution in [1.29, 1.82) is 0 Å². The summed E-state index contributed by atoms with van der Waals surface area (Å²) in [5, 5.41) is 3.01. The zero-order valence-electron chi connectivity index (χ0n) is 28.8. The molecular formula is C34H55N3O6. The first-order valence-electron chi connectivity index (χ1n) is 15.0. The Labute approximate surface area is 259 Å². The highest BCUT2D eigenvalue weighted by Crippen LogP contribution is 2.32. The van der Waals surface area contributed by atoms with Crippen molar-refractivity contribution >= 4 is 23.9 Å². The molecule has 0 unspecified atom stereocenters. The quantitative estimate of drug-likeness (QED) is 0.257. The van der Waals surface area contributed by atoms with Gasteiger partial charge in [0.25, 0.3) is 0 Å². The number of nitrogens with one attached hydrogen (secondary N) is 1. The van der Waals surface area contributed by atoms with Gasteiger partial charge in [-0.2, -0.15) is 0 Å². The molecule has 3 amide bonds. The number of carbonyl (C=O) groups is 4. The third-order valence-electron chi connectivity index (χ3n) is 7.41. The zero-order valence-corrected chi connectivity index (χ0v) is 28.8. The van der Waals surface area contributed by atoms with Crippen LogP contribution in [0.25, 0.3) is 0 Å². The van der Waals surface area contributed by atoms with Crippen LogP contribution in [0, 0.1) is 11.3 Å². The summed E-state index contributed by atoms with van der Waals surface area (Å²) >= 11 is 0. The average Bonchev–Trinajstić information content (AvgIpc) is 2.88. The Bertz CT molecular complexity index is 1140. The lowest BCUT2D eigenvalue weighted by Crippen LogP contribution is -2.63. The van der Waals surface area contributed by atoms with Gasteiger partial charge in [0.05, 0.1) is 12.6 Å². The molecule has 1 rings (SSSR count). The molecule has 9 nitrogen and oxygen atoms in total. The Kier molecular flexibility index (Phi) is 13.0. The van der Waals surface area contributed by atoms with Gasteiger partial charge < -0.3 is 19.7 Å². The first-order valence-corrected chi connectivity index (χ1v) is 15.0. The topological polar surface area (TPSA) is 105 Å². The van der Waals surface area contributed by atoms with E-state index in [1.165, 1.54) is 4.90 Å². The van der Waals surface area contributed by atoms with E-state index in [-0.39, 0.29) is 18.4 Å². The number of ether oxygens (including phenoxy) is 2. The molecule has 0 aliphatic heterocycles. The van der Waals surface area contributed by atoms with Crippen LogP contribution in [0.2, 0.25) is 0 Å². The van der Waals surface area contributed by atoms with Gasteiger partial charge in [-0.25, -0.2) is 9.59 Å². The lowest BCUT2D eigenvalue weighted by atomic mass is 9.76. The maximum atomic E-state index is 14.3. The van der Waals surface area contributed by atoms with Crippen molar-refractivity contribution < 1.29 is 28.7 Å². The maximum absolute atomic E-state index is 14.3. The van der Waals surface area contributed by atoms with E-state index in [1.807, 2.05) is 78.8 Å². The van der Waals surface area contributed by atoms with E-state index >= 15 is 0 Å². The third-order valence-corrected chi connectivity index (χ3v) is 7.41. The highest BCUT2D eigenvalue weighted by atomic mass is 16.6. The van der Waals surface area contributed by atoms with E-state index in [2.05, 4.69) is 5.32 Å². The van der Waals surface area contributed by atoms with Crippen LogP contribution in [0.1, 0.15) is 88.6 Å². The molecule has 0 aromatic heterocycles. The number of likely N-dealkylation sites (N-methyl/N-ethyl adjacent to an activating group) is 2. The second kappa shape index (κ2) is 14.9. The molecule has 242 valence electrons. The molecule has 0 saturated heterocycles. The highest BCUT2D eigenvalue weighted by Gasteiger charge is 2.45. The van der Waals surface area contributed by atoms with Crippen molar-refractivity contribution in [2.24, 2.45) is 11.3 Å². The fourth-order valence-electron chi connectivity index (χ4n) is 4.99. The summed E-state index contributed by atoms with van der Waals surface area (Å²) in [4.78, 5) is 56.9. The van der Waals surface area contributed by atoms with Crippen LogP contribution in [0.5, 0.6) is 0 Å². The van der Waals surface area contributed by atoms with Crippen molar-refractivity contribution in [1.82, 2.24) is 15.1 Å². The highest BCUT2D eigenvalue weighted by molar-refractivity contribution is 5.93. The van der Waals surface area contributed by atoms with Crippen LogP contribution in [0.3, 0.4) is 0 Å². The number of esters is 1. The van der Waals surface area contributed by atoms with Crippen LogP contribution in [-0.2, 0) is 29.3 Å². The Morgan fingerprint density at radius 1 is 0.907 bits per heavy atom. The number of hydrogen-bond acceptors (Lipinski definition) is 6. The van der Waals surface area contributed by atoms with Gasteiger partial charge in [0.2, 0.25) is 11.8 Å². The molecule has 1 aromatic rings. The van der Waals surface area contributed by atoms with Crippen molar-refractivity contribution in [3.05, 3.63) is 47.5 Å². The predicted molar refractivity (Wildman–Crippen MR) is 170 cm³/mol. The summed E-state index contributed by atoms with van der Waals surface area (Å²) in [6.45, 7) is 22.3. The van der Waals surface area contributed by atoms with Gasteiger partial charge in [0, 0.05) is 25.1 Å². The molecule has 43 heavy (non-hydrogen) atoms. The minimum Gasteiger partial charge on any atom is -0.463 e. The minimum absolute atomic E-state index is 0.0299. The van der Waals surface area contributed by atoms with Crippen LogP contribution >= 0.6 is 0 Å². The minimum atomic E-state index is -1.01. The zero-order chi connectivity index (χ0) is 33.5. The van der Waals surface area contributed by atoms with Gasteiger partial charge in [-0.05, 0) is 51.5 Å². The number of amides is 3. The molecule has 1 aromatic carbocycles. The predicted octanol–water partition coefficient (Wildman–Crippen LogP) is 5.72. The maximum Gasteiger partial charge on any atom is 0.410 e. The summed E-state index contributed by atoms with van der Waals surface area (Å²) in [6, 6.07) is 7.09. The summed E-state index contributed by atoms with van der Waals surface area (Å²) < 4.78 is 10.8. The Morgan fingerprint density at radius 2 is 1.44 bits per heavy atom. The molecule has 0 saturated carbocycles. The van der Waals surface area contributed by atoms with Crippen LogP contribution in [-0.4, -0.2) is 78.1 Å². The van der Waals surface area contributed by atoms with Gasteiger partial charge in [-0.15, -0.1) is 0 Å². The lowest BCUT2D eigenvalue weighted by Gasteiger charge is -2.42. The molecule has 0 aliphatic rings. The van der Waals surface area contributed by atoms with Crippen molar-refractivity contribution in [2.45, 2.75) is 112 Å². The van der Waals surface area contributed by atoms with Gasteiger partial charge >= 0.3 is 12.1 Å². The summed E-state index contributed by atoms with van der Waals surface area (Å²) in [5.74, 6) is -1.27. The second-order valence-electron chi connectivity index (χ2n) is 14.1.